The lowest BCUT2D eigenvalue weighted by Gasteiger charge is -2.43. The highest BCUT2D eigenvalue weighted by molar-refractivity contribution is 7.13. The minimum Gasteiger partial charge on any atom is -1.00 e. The molecule has 2 fully saturated rings. The van der Waals surface area contributed by atoms with Gasteiger partial charge in [-0.1, -0.05) is 18.2 Å². The van der Waals surface area contributed by atoms with Crippen molar-refractivity contribution in [3.63, 3.8) is 0 Å². The molecule has 1 nitrogen and oxygen atoms in total. The van der Waals surface area contributed by atoms with Crippen LogP contribution in [0.5, 0.6) is 0 Å². The summed E-state index contributed by atoms with van der Waals surface area (Å²) in [5.74, 6) is 0.753. The smallest absolute Gasteiger partial charge is 0.0896 e. The maximum absolute atomic E-state index is 2.60. The number of fused-ring (bicyclic) bond motifs is 2. The first-order valence-electron chi connectivity index (χ1n) is 8.27. The largest absolute Gasteiger partial charge is 1.00 e. The van der Waals surface area contributed by atoms with Crippen molar-refractivity contribution in [2.45, 2.75) is 37.8 Å². The fourth-order valence-electron chi connectivity index (χ4n) is 4.44. The average molecular weight is 410 g/mol. The van der Waals surface area contributed by atoms with Gasteiger partial charge in [0.05, 0.1) is 26.2 Å². The predicted octanol–water partition coefficient (Wildman–Crippen LogP) is 2.26. The SMILES string of the molecule is C[N+]1(C)C2CCC1CC(C=C(c1cccs1)c1cccs1)C2.[Br-]. The summed E-state index contributed by atoms with van der Waals surface area (Å²) in [6.45, 7) is 0. The van der Waals surface area contributed by atoms with E-state index in [0.717, 1.165) is 18.0 Å². The number of allylic oxidation sites excluding steroid dienone is 1. The summed E-state index contributed by atoms with van der Waals surface area (Å²) in [6, 6.07) is 10.6. The Kier molecular flexibility index (Phi) is 5.17. The molecule has 0 radical (unpaired) electrons. The van der Waals surface area contributed by atoms with Gasteiger partial charge in [0.15, 0.2) is 0 Å². The number of thiophene rings is 2. The summed E-state index contributed by atoms with van der Waals surface area (Å²) < 4.78 is 1.26. The van der Waals surface area contributed by atoms with E-state index in [1.807, 2.05) is 22.7 Å². The lowest BCUT2D eigenvalue weighted by Crippen LogP contribution is -3.00. The van der Waals surface area contributed by atoms with E-state index in [4.69, 9.17) is 0 Å². The van der Waals surface area contributed by atoms with E-state index >= 15 is 0 Å². The van der Waals surface area contributed by atoms with Crippen molar-refractivity contribution in [2.24, 2.45) is 5.92 Å². The fraction of sp³-hybridized carbons (Fsp3) is 0.474. The third kappa shape index (κ3) is 3.23. The Morgan fingerprint density at radius 1 is 1.00 bits per heavy atom. The first-order chi connectivity index (χ1) is 10.6. The summed E-state index contributed by atoms with van der Waals surface area (Å²) >= 11 is 3.74. The highest BCUT2D eigenvalue weighted by Crippen LogP contribution is 2.44. The minimum atomic E-state index is 0. The molecule has 2 bridgehead atoms. The molecule has 0 amide bonds. The molecule has 0 aromatic carbocycles. The van der Waals surface area contributed by atoms with E-state index in [1.165, 1.54) is 45.5 Å². The minimum absolute atomic E-state index is 0. The molecule has 2 aliphatic rings. The van der Waals surface area contributed by atoms with Gasteiger partial charge in [-0.2, -0.15) is 0 Å². The summed E-state index contributed by atoms with van der Waals surface area (Å²) in [5, 5.41) is 4.39. The molecule has 2 aromatic rings. The maximum Gasteiger partial charge on any atom is 0.0896 e. The van der Waals surface area contributed by atoms with Crippen molar-refractivity contribution in [1.29, 1.82) is 0 Å². The standard InChI is InChI=1S/C19H24NS2.BrH/c1-20(2)15-7-8-16(20)12-14(11-15)13-17(18-5-3-9-21-18)19-6-4-10-22-19;/h3-6,9-10,13-16H,7-8,11-12H2,1-2H3;1H/q+1;/p-1. The van der Waals surface area contributed by atoms with Crippen LogP contribution in [0.25, 0.3) is 5.57 Å². The van der Waals surface area contributed by atoms with Crippen molar-refractivity contribution in [3.8, 4) is 0 Å². The van der Waals surface area contributed by atoms with Crippen molar-refractivity contribution < 1.29 is 21.5 Å². The summed E-state index contributed by atoms with van der Waals surface area (Å²) in [5.41, 5.74) is 1.47. The molecule has 2 aromatic heterocycles. The second-order valence-corrected chi connectivity index (χ2v) is 9.18. The molecule has 0 spiro atoms. The molecule has 2 unspecified atom stereocenters. The van der Waals surface area contributed by atoms with Gasteiger partial charge >= 0.3 is 0 Å². The fourth-order valence-corrected chi connectivity index (χ4v) is 6.04. The topological polar surface area (TPSA) is 0 Å². The van der Waals surface area contributed by atoms with Crippen LogP contribution in [0.15, 0.2) is 41.1 Å². The van der Waals surface area contributed by atoms with E-state index in [-0.39, 0.29) is 17.0 Å². The van der Waals surface area contributed by atoms with Crippen LogP contribution in [0.1, 0.15) is 35.4 Å². The van der Waals surface area contributed by atoms with Gasteiger partial charge in [-0.15, -0.1) is 22.7 Å². The molecule has 0 saturated carbocycles. The Morgan fingerprint density at radius 2 is 1.52 bits per heavy atom. The molecule has 0 aliphatic carbocycles. The van der Waals surface area contributed by atoms with Crippen LogP contribution < -0.4 is 17.0 Å². The van der Waals surface area contributed by atoms with Crippen LogP contribution in [0, 0.1) is 5.92 Å². The van der Waals surface area contributed by atoms with Gasteiger partial charge in [-0.25, -0.2) is 0 Å². The zero-order valence-corrected chi connectivity index (χ0v) is 17.0. The molecule has 0 N–H and O–H groups in total. The zero-order chi connectivity index (χ0) is 15.2. The van der Waals surface area contributed by atoms with Gasteiger partial charge in [0.1, 0.15) is 0 Å². The Morgan fingerprint density at radius 3 is 1.96 bits per heavy atom. The molecule has 4 heteroatoms. The Balaban J connectivity index is 0.00000156. The lowest BCUT2D eigenvalue weighted by molar-refractivity contribution is -0.931. The van der Waals surface area contributed by atoms with E-state index in [1.54, 1.807) is 0 Å². The second kappa shape index (κ2) is 6.83. The summed E-state index contributed by atoms with van der Waals surface area (Å²) in [7, 11) is 4.89. The van der Waals surface area contributed by atoms with Gasteiger partial charge in [-0.05, 0) is 28.8 Å². The molecule has 124 valence electrons. The predicted molar refractivity (Wildman–Crippen MR) is 97.4 cm³/mol. The summed E-state index contributed by atoms with van der Waals surface area (Å²) in [6.07, 6.45) is 8.18. The highest BCUT2D eigenvalue weighted by atomic mass is 79.9. The molecule has 2 saturated heterocycles. The Hall–Kier alpha value is -0.420. The molecular weight excluding hydrogens is 386 g/mol. The monoisotopic (exact) mass is 409 g/mol. The van der Waals surface area contributed by atoms with Crippen molar-refractivity contribution in [3.05, 3.63) is 50.9 Å². The average Bonchev–Trinajstić information content (AvgIpc) is 3.19. The first kappa shape index (κ1) is 17.4. The van der Waals surface area contributed by atoms with Gasteiger partial charge in [0.2, 0.25) is 0 Å². The van der Waals surface area contributed by atoms with E-state index in [9.17, 15) is 0 Å². The van der Waals surface area contributed by atoms with Crippen LogP contribution in [0.2, 0.25) is 0 Å². The van der Waals surface area contributed by atoms with Crippen molar-refractivity contribution >= 4 is 28.2 Å². The molecule has 23 heavy (non-hydrogen) atoms. The molecule has 2 aliphatic heterocycles. The van der Waals surface area contributed by atoms with Crippen LogP contribution in [-0.2, 0) is 0 Å². The molecule has 4 heterocycles. The number of hydrogen-bond acceptors (Lipinski definition) is 2. The van der Waals surface area contributed by atoms with Crippen LogP contribution in [0.3, 0.4) is 0 Å². The number of nitrogens with zero attached hydrogens (tertiary/aromatic N) is 1. The second-order valence-electron chi connectivity index (χ2n) is 7.28. The number of quaternary nitrogens is 1. The van der Waals surface area contributed by atoms with Crippen LogP contribution in [0.4, 0.5) is 0 Å². The van der Waals surface area contributed by atoms with Gasteiger partial charge in [-0.3, -0.25) is 0 Å². The third-order valence-corrected chi connectivity index (χ3v) is 7.65. The highest BCUT2D eigenvalue weighted by Gasteiger charge is 2.48. The van der Waals surface area contributed by atoms with E-state index in [2.05, 4.69) is 55.2 Å². The quantitative estimate of drug-likeness (QED) is 0.681. The normalized spacial score (nSPS) is 28.2. The Bertz CT molecular complexity index is 605. The van der Waals surface area contributed by atoms with Crippen LogP contribution >= 0.6 is 22.7 Å². The zero-order valence-electron chi connectivity index (χ0n) is 13.7. The molecule has 2 atom stereocenters. The van der Waals surface area contributed by atoms with Gasteiger partial charge in [0, 0.05) is 41.0 Å². The van der Waals surface area contributed by atoms with Gasteiger partial charge in [0.25, 0.3) is 0 Å². The Labute approximate surface area is 158 Å². The maximum atomic E-state index is 2.60. The number of halogens is 1. The number of piperidine rings is 1. The molecule has 4 rings (SSSR count). The van der Waals surface area contributed by atoms with Gasteiger partial charge < -0.3 is 21.5 Å². The van der Waals surface area contributed by atoms with Crippen molar-refractivity contribution in [1.82, 2.24) is 0 Å². The van der Waals surface area contributed by atoms with E-state index in [0.29, 0.717) is 0 Å². The number of hydrogen-bond donors (Lipinski definition) is 0. The van der Waals surface area contributed by atoms with Crippen molar-refractivity contribution in [2.75, 3.05) is 14.1 Å². The first-order valence-corrected chi connectivity index (χ1v) is 10.0. The molecular formula is C19H24BrNS2. The van der Waals surface area contributed by atoms with Crippen LogP contribution in [-0.4, -0.2) is 30.7 Å². The third-order valence-electron chi connectivity index (χ3n) is 5.84. The van der Waals surface area contributed by atoms with E-state index < -0.39 is 0 Å². The number of rotatable bonds is 3. The lowest BCUT2D eigenvalue weighted by atomic mass is 9.87. The summed E-state index contributed by atoms with van der Waals surface area (Å²) in [4.78, 5) is 2.85.